The highest BCUT2D eigenvalue weighted by atomic mass is 35.5. The summed E-state index contributed by atoms with van der Waals surface area (Å²) in [6.45, 7) is 16.7. The van der Waals surface area contributed by atoms with Gasteiger partial charge < -0.3 is 9.99 Å². The fraction of sp³-hybridized carbons (Fsp3) is 0.900. The predicted octanol–water partition coefficient (Wildman–Crippen LogP) is 7.71. The molecule has 260 valence electrons. The summed E-state index contributed by atoms with van der Waals surface area (Å²) >= 11 is 14.6. The molecule has 0 saturated heterocycles. The van der Waals surface area contributed by atoms with Gasteiger partial charge in [-0.3, -0.25) is 0 Å². The van der Waals surface area contributed by atoms with E-state index < -0.39 is 39.3 Å². The van der Waals surface area contributed by atoms with Gasteiger partial charge in [0, 0.05) is 5.57 Å². The first-order valence-corrected chi connectivity index (χ1v) is 16.4. The molecule has 0 aromatic carbocycles. The maximum absolute atomic E-state index is 13.6. The third kappa shape index (κ3) is 10.6. The molecule has 0 aromatic rings. The zero-order chi connectivity index (χ0) is 33.4. The van der Waals surface area contributed by atoms with Crippen LogP contribution in [0.15, 0.2) is 11.3 Å². The molecule has 44 heavy (non-hydrogen) atoms. The first kappa shape index (κ1) is 41.3. The molecule has 1 aliphatic rings. The zero-order valence-electron chi connectivity index (χ0n) is 27.8. The van der Waals surface area contributed by atoms with E-state index >= 15 is 0 Å². The summed E-state index contributed by atoms with van der Waals surface area (Å²) in [6.07, 6.45) is 3.46. The second-order valence-corrected chi connectivity index (χ2v) is 13.0. The molecule has 1 rings (SSSR count). The van der Waals surface area contributed by atoms with Crippen molar-refractivity contribution in [2.24, 2.45) is 5.92 Å². The van der Waals surface area contributed by atoms with Gasteiger partial charge in [0.2, 0.25) is 5.06 Å². The molecular formula is C30H54Cl2O12. The Bertz CT molecular complexity index is 867. The van der Waals surface area contributed by atoms with E-state index in [0.29, 0.717) is 25.7 Å². The summed E-state index contributed by atoms with van der Waals surface area (Å²) in [5.41, 5.74) is -3.84. The summed E-state index contributed by atoms with van der Waals surface area (Å²) in [5, 5.41) is 6.08. The fourth-order valence-corrected chi connectivity index (χ4v) is 4.93. The van der Waals surface area contributed by atoms with Gasteiger partial charge in [0.25, 0.3) is 10.7 Å². The van der Waals surface area contributed by atoms with E-state index in [0.717, 1.165) is 25.7 Å². The van der Waals surface area contributed by atoms with Gasteiger partial charge in [0.1, 0.15) is 0 Å². The second-order valence-electron chi connectivity index (χ2n) is 11.9. The third-order valence-electron chi connectivity index (χ3n) is 6.39. The van der Waals surface area contributed by atoms with Crippen LogP contribution >= 0.6 is 23.2 Å². The van der Waals surface area contributed by atoms with Crippen molar-refractivity contribution < 1.29 is 58.8 Å². The van der Waals surface area contributed by atoms with Gasteiger partial charge in [-0.2, -0.15) is 4.89 Å². The van der Waals surface area contributed by atoms with Crippen LogP contribution in [0.5, 0.6) is 0 Å². The van der Waals surface area contributed by atoms with Crippen molar-refractivity contribution in [1.29, 1.82) is 0 Å². The highest BCUT2D eigenvalue weighted by Gasteiger charge is 2.80. The minimum absolute atomic E-state index is 0.00932. The highest BCUT2D eigenvalue weighted by molar-refractivity contribution is 6.30. The second kappa shape index (κ2) is 19.8. The van der Waals surface area contributed by atoms with Crippen LogP contribution in [-0.2, 0) is 53.7 Å². The lowest BCUT2D eigenvalue weighted by atomic mass is 9.72. The molecule has 0 aromatic heterocycles. The first-order valence-electron chi connectivity index (χ1n) is 15.6. The van der Waals surface area contributed by atoms with Gasteiger partial charge in [0.15, 0.2) is 11.9 Å². The van der Waals surface area contributed by atoms with Gasteiger partial charge in [-0.1, -0.05) is 90.4 Å². The Morgan fingerprint density at radius 2 is 1.25 bits per heavy atom. The van der Waals surface area contributed by atoms with E-state index in [1.54, 1.807) is 34.6 Å². The Labute approximate surface area is 272 Å². The van der Waals surface area contributed by atoms with Gasteiger partial charge in [0.05, 0.1) is 32.0 Å². The molecule has 0 spiro atoms. The summed E-state index contributed by atoms with van der Waals surface area (Å²) < 4.78 is 0. The Morgan fingerprint density at radius 1 is 0.795 bits per heavy atom. The molecule has 0 radical (unpaired) electrons. The van der Waals surface area contributed by atoms with Gasteiger partial charge >= 0.3 is 5.97 Å². The lowest BCUT2D eigenvalue weighted by Gasteiger charge is -2.53. The van der Waals surface area contributed by atoms with Crippen LogP contribution in [0.4, 0.5) is 0 Å². The molecule has 1 aliphatic carbocycles. The largest absolute Gasteiger partial charge is 0.479 e. The van der Waals surface area contributed by atoms with Gasteiger partial charge in [-0.25, -0.2) is 43.9 Å². The van der Waals surface area contributed by atoms with E-state index in [1.165, 1.54) is 0 Å². The van der Waals surface area contributed by atoms with E-state index in [1.807, 2.05) is 27.7 Å². The van der Waals surface area contributed by atoms with Crippen molar-refractivity contribution in [2.45, 2.75) is 141 Å². The average molecular weight is 678 g/mol. The average Bonchev–Trinajstić information content (AvgIpc) is 2.94. The number of aliphatic carboxylic acids is 1. The third-order valence-corrected chi connectivity index (χ3v) is 7.37. The number of hydrogen-bond acceptors (Lipinski definition) is 11. The molecule has 14 heteroatoms. The Hall–Kier alpha value is -0.770. The molecule has 0 aliphatic heterocycles. The van der Waals surface area contributed by atoms with Crippen molar-refractivity contribution in [3.05, 3.63) is 11.3 Å². The minimum Gasteiger partial charge on any atom is -0.479 e. The normalized spacial score (nSPS) is 26.0. The molecule has 4 unspecified atom stereocenters. The van der Waals surface area contributed by atoms with E-state index in [-0.39, 0.29) is 37.8 Å². The topological polar surface area (TPSA) is 130 Å². The number of carboxylic acids is 1. The zero-order valence-corrected chi connectivity index (χ0v) is 29.3. The number of alkyl halides is 2. The van der Waals surface area contributed by atoms with Crippen molar-refractivity contribution >= 4 is 29.2 Å². The number of unbranched alkanes of at least 4 members (excludes halogenated alkanes) is 4. The number of hydrogen-bond donors (Lipinski definition) is 1. The minimum atomic E-state index is -2.84. The van der Waals surface area contributed by atoms with Crippen LogP contribution in [0, 0.1) is 5.92 Å². The summed E-state index contributed by atoms with van der Waals surface area (Å²) in [7, 11) is 0. The van der Waals surface area contributed by atoms with Crippen molar-refractivity contribution in [3.8, 4) is 0 Å². The number of carboxylic acid groups (broad SMARTS) is 1. The van der Waals surface area contributed by atoms with E-state index in [9.17, 15) is 9.90 Å². The molecule has 0 saturated carbocycles. The lowest BCUT2D eigenvalue weighted by Crippen LogP contribution is -2.76. The molecule has 12 nitrogen and oxygen atoms in total. The molecule has 4 atom stereocenters. The molecule has 1 N–H and O–H groups in total. The van der Waals surface area contributed by atoms with Crippen molar-refractivity contribution in [3.63, 3.8) is 0 Å². The van der Waals surface area contributed by atoms with Crippen molar-refractivity contribution in [1.82, 2.24) is 0 Å². The monoisotopic (exact) mass is 676 g/mol. The first-order chi connectivity index (χ1) is 20.7. The SMILES string of the molecule is CCCCOOC1=C(C(C)C)C(Cl)(OOCCCC)C(OOCCCC)(C(=O)O)C(OOC(C)(C)C)C1(Cl)OOCCCC. The van der Waals surface area contributed by atoms with Gasteiger partial charge in [-0.15, -0.1) is 0 Å². The van der Waals surface area contributed by atoms with Crippen LogP contribution in [0.3, 0.4) is 0 Å². The summed E-state index contributed by atoms with van der Waals surface area (Å²) in [5.74, 6) is -2.57. The number of halogens is 2. The summed E-state index contributed by atoms with van der Waals surface area (Å²) in [6, 6.07) is 0. The standard InChI is InChI=1S/C30H54Cl2O12/c1-10-14-18-35-39-24-23(22(5)6)30(32,44-38-21-17-13-4)28(26(33)34,42-36-19-15-11-2)25(40-41-27(7,8)9)29(24,31)43-37-20-16-12-3/h22,25H,10-21H2,1-9H3,(H,33,34). The molecule has 0 amide bonds. The lowest BCUT2D eigenvalue weighted by molar-refractivity contribution is -0.497. The van der Waals surface area contributed by atoms with Crippen LogP contribution in [0.2, 0.25) is 0 Å². The number of carbonyl (C=O) groups is 1. The fourth-order valence-electron chi connectivity index (χ4n) is 4.01. The van der Waals surface area contributed by atoms with E-state index in [2.05, 4.69) is 0 Å². The predicted molar refractivity (Wildman–Crippen MR) is 163 cm³/mol. The maximum atomic E-state index is 13.6. The smallest absolute Gasteiger partial charge is 0.347 e. The van der Waals surface area contributed by atoms with Crippen LogP contribution in [0.25, 0.3) is 0 Å². The van der Waals surface area contributed by atoms with Crippen LogP contribution in [-0.4, -0.2) is 64.9 Å². The molecule has 0 fully saturated rings. The quantitative estimate of drug-likeness (QED) is 0.0465. The van der Waals surface area contributed by atoms with E-state index in [4.69, 9.17) is 72.1 Å². The maximum Gasteiger partial charge on any atom is 0.347 e. The number of rotatable bonds is 24. The Morgan fingerprint density at radius 3 is 1.68 bits per heavy atom. The van der Waals surface area contributed by atoms with Crippen LogP contribution in [0.1, 0.15) is 114 Å². The highest BCUT2D eigenvalue weighted by Crippen LogP contribution is 2.58. The summed E-state index contributed by atoms with van der Waals surface area (Å²) in [4.78, 5) is 70.5. The molecule has 0 heterocycles. The molecular weight excluding hydrogens is 623 g/mol. The van der Waals surface area contributed by atoms with Crippen LogP contribution < -0.4 is 0 Å². The Kier molecular flexibility index (Phi) is 18.6. The van der Waals surface area contributed by atoms with Gasteiger partial charge in [-0.05, 0) is 52.4 Å². The Balaban J connectivity index is 4.15. The van der Waals surface area contributed by atoms with Crippen molar-refractivity contribution in [2.75, 3.05) is 26.4 Å². The molecule has 0 bridgehead atoms.